The van der Waals surface area contributed by atoms with Crippen LogP contribution in [0.4, 0.5) is 19.1 Å². The lowest BCUT2D eigenvalue weighted by atomic mass is 9.98. The van der Waals surface area contributed by atoms with Gasteiger partial charge in [0, 0.05) is 62.0 Å². The van der Waals surface area contributed by atoms with Gasteiger partial charge in [0.15, 0.2) is 0 Å². The zero-order chi connectivity index (χ0) is 24.8. The molecule has 0 radical (unpaired) electrons. The van der Waals surface area contributed by atoms with E-state index in [1.807, 2.05) is 67.8 Å². The fourth-order valence-electron chi connectivity index (χ4n) is 3.47. The van der Waals surface area contributed by atoms with Crippen LogP contribution in [-0.2, 0) is 6.42 Å². The van der Waals surface area contributed by atoms with E-state index in [0.29, 0.717) is 18.1 Å². The lowest BCUT2D eigenvalue weighted by molar-refractivity contribution is -0.139. The number of aromatic nitrogens is 4. The highest BCUT2D eigenvalue weighted by Gasteiger charge is 2.26. The third-order valence-electron chi connectivity index (χ3n) is 5.21. The van der Waals surface area contributed by atoms with E-state index in [4.69, 9.17) is 9.72 Å². The Morgan fingerprint density at radius 1 is 0.829 bits per heavy atom. The molecule has 0 saturated heterocycles. The summed E-state index contributed by atoms with van der Waals surface area (Å²) < 4.78 is 41.9. The van der Waals surface area contributed by atoms with E-state index < -0.39 is 19.2 Å². The van der Waals surface area contributed by atoms with Crippen LogP contribution in [0.5, 0.6) is 5.88 Å². The summed E-state index contributed by atoms with van der Waals surface area (Å²) in [5, 5.41) is 0. The molecule has 0 aliphatic carbocycles. The molecule has 3 heterocycles. The van der Waals surface area contributed by atoms with Gasteiger partial charge in [-0.25, -0.2) is 15.0 Å². The predicted octanol–water partition coefficient (Wildman–Crippen LogP) is 5.59. The highest BCUT2D eigenvalue weighted by Crippen LogP contribution is 2.26. The van der Waals surface area contributed by atoms with Gasteiger partial charge >= 0.3 is 6.18 Å². The van der Waals surface area contributed by atoms with E-state index in [0.717, 1.165) is 27.9 Å². The second-order valence-electron chi connectivity index (χ2n) is 8.11. The zero-order valence-corrected chi connectivity index (χ0v) is 19.3. The van der Waals surface area contributed by atoms with Crippen LogP contribution in [0.2, 0.25) is 0 Å². The summed E-state index contributed by atoms with van der Waals surface area (Å²) >= 11 is 0. The topological polar surface area (TPSA) is 64.0 Å². The normalized spacial score (nSPS) is 11.3. The number of anilines is 1. The summed E-state index contributed by atoms with van der Waals surface area (Å²) in [6, 6.07) is 17.1. The Morgan fingerprint density at radius 3 is 2.26 bits per heavy atom. The summed E-state index contributed by atoms with van der Waals surface area (Å²) in [5.74, 6) is 0.788. The first kappa shape index (κ1) is 24.1. The van der Waals surface area contributed by atoms with Crippen molar-refractivity contribution in [2.24, 2.45) is 0 Å². The molecule has 0 bridgehead atoms. The number of rotatable bonds is 8. The molecule has 0 unspecified atom stereocenters. The van der Waals surface area contributed by atoms with Crippen molar-refractivity contribution in [2.45, 2.75) is 19.0 Å². The molecule has 0 N–H and O–H groups in total. The first-order chi connectivity index (χ1) is 16.8. The molecule has 0 aliphatic rings. The highest BCUT2D eigenvalue weighted by atomic mass is 19.4. The average Bonchev–Trinajstić information content (AvgIpc) is 2.84. The predicted molar refractivity (Wildman–Crippen MR) is 128 cm³/mol. The summed E-state index contributed by atoms with van der Waals surface area (Å²) in [4.78, 5) is 19.6. The largest absolute Gasteiger partial charge is 0.477 e. The Balaban J connectivity index is 1.50. The van der Waals surface area contributed by atoms with Crippen molar-refractivity contribution in [2.75, 3.05) is 25.6 Å². The molecular weight excluding hydrogens is 455 g/mol. The lowest BCUT2D eigenvalue weighted by Crippen LogP contribution is -2.13. The minimum absolute atomic E-state index is 0.144. The Morgan fingerprint density at radius 2 is 1.57 bits per heavy atom. The maximum atomic E-state index is 12.3. The van der Waals surface area contributed by atoms with Crippen molar-refractivity contribution in [1.29, 1.82) is 0 Å². The maximum absolute atomic E-state index is 12.3. The summed E-state index contributed by atoms with van der Waals surface area (Å²) in [7, 11) is 3.79. The fourth-order valence-corrected chi connectivity index (χ4v) is 3.47. The van der Waals surface area contributed by atoms with Crippen LogP contribution in [0.3, 0.4) is 0 Å². The lowest BCUT2D eigenvalue weighted by Gasteiger charge is -2.12. The summed E-state index contributed by atoms with van der Waals surface area (Å²) in [6.07, 6.45) is 0.501. The van der Waals surface area contributed by atoms with E-state index >= 15 is 0 Å². The van der Waals surface area contributed by atoms with Crippen LogP contribution in [0.1, 0.15) is 17.7 Å². The van der Waals surface area contributed by atoms with E-state index in [1.165, 1.54) is 0 Å². The SMILES string of the molecule is CN(C)c1ncc(-c2ccccc2Cc2cccc(-c3ccc(OCCC(F)(F)F)nc3)n2)cn1. The van der Waals surface area contributed by atoms with Crippen LogP contribution in [0.15, 0.2) is 73.2 Å². The third kappa shape index (κ3) is 6.53. The second kappa shape index (κ2) is 10.5. The van der Waals surface area contributed by atoms with Crippen LogP contribution in [0.25, 0.3) is 22.4 Å². The van der Waals surface area contributed by atoms with Crippen LogP contribution >= 0.6 is 0 Å². The number of halogens is 3. The van der Waals surface area contributed by atoms with Gasteiger partial charge in [0.1, 0.15) is 0 Å². The van der Waals surface area contributed by atoms with Crippen molar-refractivity contribution in [3.8, 4) is 28.3 Å². The number of benzene rings is 1. The van der Waals surface area contributed by atoms with Crippen molar-refractivity contribution in [1.82, 2.24) is 19.9 Å². The van der Waals surface area contributed by atoms with Gasteiger partial charge in [0.2, 0.25) is 11.8 Å². The molecule has 180 valence electrons. The molecule has 9 heteroatoms. The molecule has 6 nitrogen and oxygen atoms in total. The second-order valence-corrected chi connectivity index (χ2v) is 8.11. The summed E-state index contributed by atoms with van der Waals surface area (Å²) in [5.41, 5.74) is 5.37. The number of hydrogen-bond donors (Lipinski definition) is 0. The standard InChI is InChI=1S/C26H24F3N5O/c1-34(2)25-31-16-20(17-32-25)22-8-4-3-6-18(22)14-21-7-5-9-23(33-21)19-10-11-24(30-15-19)35-13-12-26(27,28)29/h3-11,15-17H,12-14H2,1-2H3. The number of ether oxygens (including phenoxy) is 1. The first-order valence-corrected chi connectivity index (χ1v) is 11.0. The average molecular weight is 480 g/mol. The molecule has 35 heavy (non-hydrogen) atoms. The Labute approximate surface area is 201 Å². The summed E-state index contributed by atoms with van der Waals surface area (Å²) in [6.45, 7) is -0.466. The first-order valence-electron chi connectivity index (χ1n) is 11.0. The van der Waals surface area contributed by atoms with Gasteiger partial charge in [-0.3, -0.25) is 4.98 Å². The molecule has 3 aromatic heterocycles. The molecule has 0 spiro atoms. The van der Waals surface area contributed by atoms with Gasteiger partial charge in [0.25, 0.3) is 0 Å². The quantitative estimate of drug-likeness (QED) is 0.328. The van der Waals surface area contributed by atoms with Gasteiger partial charge in [-0.1, -0.05) is 30.3 Å². The van der Waals surface area contributed by atoms with Gasteiger partial charge in [-0.15, -0.1) is 0 Å². The molecule has 4 rings (SSSR count). The number of pyridine rings is 2. The van der Waals surface area contributed by atoms with Crippen LogP contribution in [0, 0.1) is 0 Å². The van der Waals surface area contributed by atoms with Crippen molar-refractivity contribution < 1.29 is 17.9 Å². The van der Waals surface area contributed by atoms with Crippen molar-refractivity contribution in [3.63, 3.8) is 0 Å². The molecule has 0 saturated carbocycles. The smallest absolute Gasteiger partial charge is 0.392 e. The minimum atomic E-state index is -4.26. The zero-order valence-electron chi connectivity index (χ0n) is 19.3. The fraction of sp³-hybridized carbons (Fsp3) is 0.231. The molecule has 0 aliphatic heterocycles. The highest BCUT2D eigenvalue weighted by molar-refractivity contribution is 5.67. The van der Waals surface area contributed by atoms with Crippen molar-refractivity contribution in [3.05, 3.63) is 84.4 Å². The van der Waals surface area contributed by atoms with Gasteiger partial charge in [0.05, 0.1) is 18.7 Å². The monoisotopic (exact) mass is 479 g/mol. The minimum Gasteiger partial charge on any atom is -0.477 e. The van der Waals surface area contributed by atoms with E-state index in [-0.39, 0.29) is 5.88 Å². The Bertz CT molecular complexity index is 1260. The Hall–Kier alpha value is -4.01. The number of nitrogens with zero attached hydrogens (tertiary/aromatic N) is 5. The van der Waals surface area contributed by atoms with Gasteiger partial charge in [-0.2, -0.15) is 13.2 Å². The van der Waals surface area contributed by atoms with Gasteiger partial charge in [-0.05, 0) is 29.3 Å². The van der Waals surface area contributed by atoms with Crippen LogP contribution < -0.4 is 9.64 Å². The third-order valence-corrected chi connectivity index (χ3v) is 5.21. The van der Waals surface area contributed by atoms with Crippen LogP contribution in [-0.4, -0.2) is 46.8 Å². The molecule has 0 fully saturated rings. The maximum Gasteiger partial charge on any atom is 0.392 e. The Kier molecular flexibility index (Phi) is 7.24. The molecular formula is C26H24F3N5O. The molecule has 0 amide bonds. The van der Waals surface area contributed by atoms with Gasteiger partial charge < -0.3 is 9.64 Å². The number of alkyl halides is 3. The molecule has 4 aromatic rings. The van der Waals surface area contributed by atoms with E-state index in [9.17, 15) is 13.2 Å². The van der Waals surface area contributed by atoms with Crippen molar-refractivity contribution >= 4 is 5.95 Å². The van der Waals surface area contributed by atoms with E-state index in [1.54, 1.807) is 18.3 Å². The van der Waals surface area contributed by atoms with E-state index in [2.05, 4.69) is 21.0 Å². The number of hydrogen-bond acceptors (Lipinski definition) is 6. The molecule has 1 aromatic carbocycles. The molecule has 0 atom stereocenters.